The third kappa shape index (κ3) is 3.24. The highest BCUT2D eigenvalue weighted by atomic mass is 16.5. The van der Waals surface area contributed by atoms with Crippen molar-refractivity contribution >= 4 is 5.91 Å². The van der Waals surface area contributed by atoms with E-state index in [4.69, 9.17) is 10.5 Å². The van der Waals surface area contributed by atoms with Crippen LogP contribution in [0, 0.1) is 6.92 Å². The maximum atomic E-state index is 11.8. The average molecular weight is 222 g/mol. The largest absolute Gasteiger partial charge is 0.496 e. The molecule has 0 fully saturated rings. The number of rotatable bonds is 4. The van der Waals surface area contributed by atoms with Crippen LogP contribution in [0.4, 0.5) is 0 Å². The lowest BCUT2D eigenvalue weighted by molar-refractivity contribution is 0.0948. The fourth-order valence-corrected chi connectivity index (χ4v) is 1.35. The van der Waals surface area contributed by atoms with Gasteiger partial charge in [0.05, 0.1) is 12.7 Å². The van der Waals surface area contributed by atoms with Gasteiger partial charge < -0.3 is 15.8 Å². The fraction of sp³-hybridized carbons (Fsp3) is 0.417. The molecule has 0 radical (unpaired) electrons. The number of amides is 1. The second-order valence-electron chi connectivity index (χ2n) is 3.89. The number of carbonyl (C=O) groups is 1. The molecular weight excluding hydrogens is 204 g/mol. The molecule has 1 amide bonds. The number of benzene rings is 1. The van der Waals surface area contributed by atoms with Crippen LogP contribution in [0.3, 0.4) is 0 Å². The molecule has 0 aromatic heterocycles. The number of hydrogen-bond acceptors (Lipinski definition) is 3. The van der Waals surface area contributed by atoms with Gasteiger partial charge in [-0.15, -0.1) is 0 Å². The standard InChI is InChI=1S/C12H18N2O2/c1-8-4-5-11(16-3)10(6-8)12(15)14-7-9(2)13/h4-6,9H,7,13H2,1-3H3,(H,14,15). The summed E-state index contributed by atoms with van der Waals surface area (Å²) in [7, 11) is 1.55. The van der Waals surface area contributed by atoms with Gasteiger partial charge in [0, 0.05) is 12.6 Å². The predicted molar refractivity (Wildman–Crippen MR) is 63.7 cm³/mol. The van der Waals surface area contributed by atoms with Crippen LogP contribution in [-0.2, 0) is 0 Å². The molecule has 3 N–H and O–H groups in total. The van der Waals surface area contributed by atoms with E-state index in [0.29, 0.717) is 17.9 Å². The minimum Gasteiger partial charge on any atom is -0.496 e. The summed E-state index contributed by atoms with van der Waals surface area (Å²) in [6.45, 7) is 4.23. The molecule has 0 bridgehead atoms. The van der Waals surface area contributed by atoms with Crippen molar-refractivity contribution in [1.29, 1.82) is 0 Å². The summed E-state index contributed by atoms with van der Waals surface area (Å²) in [4.78, 5) is 11.8. The van der Waals surface area contributed by atoms with Crippen molar-refractivity contribution in [1.82, 2.24) is 5.32 Å². The van der Waals surface area contributed by atoms with E-state index in [9.17, 15) is 4.79 Å². The summed E-state index contributed by atoms with van der Waals surface area (Å²) >= 11 is 0. The minimum atomic E-state index is -0.155. The molecule has 1 rings (SSSR count). The number of ether oxygens (including phenoxy) is 1. The first kappa shape index (κ1) is 12.5. The highest BCUT2D eigenvalue weighted by Crippen LogP contribution is 2.19. The molecule has 0 saturated heterocycles. The molecule has 1 aromatic carbocycles. The van der Waals surface area contributed by atoms with Gasteiger partial charge in [0.1, 0.15) is 5.75 Å². The number of nitrogens with one attached hydrogen (secondary N) is 1. The van der Waals surface area contributed by atoms with Gasteiger partial charge in [-0.1, -0.05) is 11.6 Å². The molecule has 1 aromatic rings. The van der Waals surface area contributed by atoms with Gasteiger partial charge in [0.15, 0.2) is 0 Å². The summed E-state index contributed by atoms with van der Waals surface area (Å²) in [5.74, 6) is 0.422. The van der Waals surface area contributed by atoms with Gasteiger partial charge >= 0.3 is 0 Å². The second kappa shape index (κ2) is 5.51. The van der Waals surface area contributed by atoms with E-state index in [1.807, 2.05) is 19.9 Å². The normalized spacial score (nSPS) is 12.0. The molecule has 1 unspecified atom stereocenters. The van der Waals surface area contributed by atoms with Crippen LogP contribution in [0.25, 0.3) is 0 Å². The predicted octanol–water partition coefficient (Wildman–Crippen LogP) is 1.08. The first-order valence-electron chi connectivity index (χ1n) is 5.23. The Morgan fingerprint density at radius 2 is 2.25 bits per heavy atom. The van der Waals surface area contributed by atoms with E-state index in [2.05, 4.69) is 5.32 Å². The molecular formula is C12H18N2O2. The topological polar surface area (TPSA) is 64.3 Å². The summed E-state index contributed by atoms with van der Waals surface area (Å²) < 4.78 is 5.14. The van der Waals surface area contributed by atoms with Crippen LogP contribution >= 0.6 is 0 Å². The smallest absolute Gasteiger partial charge is 0.255 e. The van der Waals surface area contributed by atoms with Gasteiger partial charge in [-0.05, 0) is 26.0 Å². The molecule has 0 saturated carbocycles. The fourth-order valence-electron chi connectivity index (χ4n) is 1.35. The number of hydrogen-bond donors (Lipinski definition) is 2. The molecule has 0 heterocycles. The zero-order valence-corrected chi connectivity index (χ0v) is 9.91. The Hall–Kier alpha value is -1.55. The van der Waals surface area contributed by atoms with Crippen LogP contribution in [0.5, 0.6) is 5.75 Å². The van der Waals surface area contributed by atoms with Gasteiger partial charge in [0.2, 0.25) is 0 Å². The first-order valence-corrected chi connectivity index (χ1v) is 5.23. The van der Waals surface area contributed by atoms with E-state index in [1.165, 1.54) is 0 Å². The highest BCUT2D eigenvalue weighted by Gasteiger charge is 2.12. The SMILES string of the molecule is COc1ccc(C)cc1C(=O)NCC(C)N. The zero-order chi connectivity index (χ0) is 12.1. The summed E-state index contributed by atoms with van der Waals surface area (Å²) in [6.07, 6.45) is 0. The maximum absolute atomic E-state index is 11.8. The maximum Gasteiger partial charge on any atom is 0.255 e. The van der Waals surface area contributed by atoms with Crippen molar-refractivity contribution in [2.75, 3.05) is 13.7 Å². The Balaban J connectivity index is 2.84. The van der Waals surface area contributed by atoms with Crippen molar-refractivity contribution in [3.8, 4) is 5.75 Å². The Morgan fingerprint density at radius 1 is 1.56 bits per heavy atom. The van der Waals surface area contributed by atoms with Crippen molar-refractivity contribution in [3.63, 3.8) is 0 Å². The number of methoxy groups -OCH3 is 1. The monoisotopic (exact) mass is 222 g/mol. The van der Waals surface area contributed by atoms with Gasteiger partial charge in [-0.3, -0.25) is 4.79 Å². The molecule has 1 atom stereocenters. The molecule has 4 heteroatoms. The van der Waals surface area contributed by atoms with E-state index in [-0.39, 0.29) is 11.9 Å². The highest BCUT2D eigenvalue weighted by molar-refractivity contribution is 5.97. The quantitative estimate of drug-likeness (QED) is 0.801. The lowest BCUT2D eigenvalue weighted by Crippen LogP contribution is -2.35. The van der Waals surface area contributed by atoms with Crippen LogP contribution in [0.2, 0.25) is 0 Å². The Kier molecular flexibility index (Phi) is 4.31. The van der Waals surface area contributed by atoms with Crippen molar-refractivity contribution in [3.05, 3.63) is 29.3 Å². The number of nitrogens with two attached hydrogens (primary N) is 1. The Bertz CT molecular complexity index is 375. The molecule has 0 aliphatic rings. The summed E-state index contributed by atoms with van der Waals surface area (Å²) in [6, 6.07) is 5.44. The lowest BCUT2D eigenvalue weighted by Gasteiger charge is -2.11. The number of aryl methyl sites for hydroxylation is 1. The van der Waals surface area contributed by atoms with Gasteiger partial charge in [-0.2, -0.15) is 0 Å². The van der Waals surface area contributed by atoms with Crippen LogP contribution < -0.4 is 15.8 Å². The van der Waals surface area contributed by atoms with E-state index < -0.39 is 0 Å². The van der Waals surface area contributed by atoms with Crippen LogP contribution in [0.15, 0.2) is 18.2 Å². The van der Waals surface area contributed by atoms with Gasteiger partial charge in [-0.25, -0.2) is 0 Å². The van der Waals surface area contributed by atoms with E-state index >= 15 is 0 Å². The second-order valence-corrected chi connectivity index (χ2v) is 3.89. The molecule has 4 nitrogen and oxygen atoms in total. The number of carbonyl (C=O) groups excluding carboxylic acids is 1. The molecule has 16 heavy (non-hydrogen) atoms. The van der Waals surface area contributed by atoms with E-state index in [0.717, 1.165) is 5.56 Å². The zero-order valence-electron chi connectivity index (χ0n) is 9.91. The van der Waals surface area contributed by atoms with E-state index in [1.54, 1.807) is 19.2 Å². The molecule has 0 aliphatic heterocycles. The third-order valence-electron chi connectivity index (χ3n) is 2.18. The molecule has 88 valence electrons. The van der Waals surface area contributed by atoms with Gasteiger partial charge in [0.25, 0.3) is 5.91 Å². The summed E-state index contributed by atoms with van der Waals surface area (Å²) in [5.41, 5.74) is 7.14. The van der Waals surface area contributed by atoms with Crippen LogP contribution in [-0.4, -0.2) is 25.6 Å². The Morgan fingerprint density at radius 3 is 2.81 bits per heavy atom. The lowest BCUT2D eigenvalue weighted by atomic mass is 10.1. The molecule has 0 aliphatic carbocycles. The van der Waals surface area contributed by atoms with Crippen molar-refractivity contribution in [2.24, 2.45) is 5.73 Å². The van der Waals surface area contributed by atoms with Crippen molar-refractivity contribution < 1.29 is 9.53 Å². The minimum absolute atomic E-state index is 0.0558. The summed E-state index contributed by atoms with van der Waals surface area (Å²) in [5, 5.41) is 2.76. The molecule has 0 spiro atoms. The Labute approximate surface area is 95.8 Å². The third-order valence-corrected chi connectivity index (χ3v) is 2.18. The first-order chi connectivity index (χ1) is 7.54. The van der Waals surface area contributed by atoms with Crippen LogP contribution in [0.1, 0.15) is 22.8 Å². The average Bonchev–Trinajstić information content (AvgIpc) is 2.25. The van der Waals surface area contributed by atoms with Crippen molar-refractivity contribution in [2.45, 2.75) is 19.9 Å².